The summed E-state index contributed by atoms with van der Waals surface area (Å²) < 4.78 is 30.5. The first-order valence-corrected chi connectivity index (χ1v) is 8.96. The minimum atomic E-state index is -2.06. The number of quaternary nitrogens is 1. The van der Waals surface area contributed by atoms with Gasteiger partial charge in [0, 0.05) is 25.7 Å². The zero-order valence-corrected chi connectivity index (χ0v) is 17.1. The molecule has 0 radical (unpaired) electrons. The van der Waals surface area contributed by atoms with Crippen LogP contribution in [0, 0.1) is 0 Å². The van der Waals surface area contributed by atoms with Crippen LogP contribution in [0.5, 0.6) is 0 Å². The molecule has 0 saturated carbocycles. The largest absolute Gasteiger partial charge is 1.00 e. The molecule has 2 aliphatic rings. The zero-order chi connectivity index (χ0) is 19.8. The number of benzene rings is 1. The van der Waals surface area contributed by atoms with Gasteiger partial charge in [0.05, 0.1) is 35.8 Å². The minimum absolute atomic E-state index is 0. The van der Waals surface area contributed by atoms with Crippen molar-refractivity contribution in [1.29, 1.82) is 0 Å². The molecule has 2 fully saturated rings. The maximum Gasteiger partial charge on any atom is 0.316 e. The number of esters is 1. The van der Waals surface area contributed by atoms with Crippen molar-refractivity contribution in [3.8, 4) is 0 Å². The van der Waals surface area contributed by atoms with Gasteiger partial charge in [0.1, 0.15) is 12.0 Å². The molecule has 3 unspecified atom stereocenters. The molecule has 5 atom stereocenters. The summed E-state index contributed by atoms with van der Waals surface area (Å²) in [4.78, 5) is 12.7. The zero-order valence-electron chi connectivity index (χ0n) is 17.9. The molecule has 140 valence electrons. The van der Waals surface area contributed by atoms with Crippen LogP contribution >= 0.6 is 0 Å². The van der Waals surface area contributed by atoms with Crippen molar-refractivity contribution >= 4 is 5.97 Å². The number of aliphatic hydroxyl groups is 1. The highest BCUT2D eigenvalue weighted by Gasteiger charge is 2.53. The molecule has 0 aromatic heterocycles. The monoisotopic (exact) mass is 462 g/mol. The molecule has 0 amide bonds. The number of aliphatic hydroxyl groups excluding tert-OH is 1. The van der Waals surface area contributed by atoms with Crippen molar-refractivity contribution in [3.05, 3.63) is 35.9 Å². The Morgan fingerprint density at radius 3 is 2.36 bits per heavy atom. The van der Waals surface area contributed by atoms with Gasteiger partial charge < -0.3 is 38.3 Å². The van der Waals surface area contributed by atoms with Crippen LogP contribution in [-0.4, -0.2) is 53.4 Å². The average Bonchev–Trinajstić information content (AvgIpc) is 2.83. The van der Waals surface area contributed by atoms with Crippen LogP contribution in [0.2, 0.25) is 0 Å². The number of ether oxygens (including phenoxy) is 1. The second-order valence-corrected chi connectivity index (χ2v) is 7.49. The summed E-state index contributed by atoms with van der Waals surface area (Å²) in [5.74, 6) is -1.12. The number of halogens is 1. The molecule has 1 aromatic rings. The number of fused-ring (bicyclic) bond motifs is 2. The maximum atomic E-state index is 12.7. The lowest BCUT2D eigenvalue weighted by Crippen LogP contribution is -3.00. The first-order chi connectivity index (χ1) is 12.7. The molecule has 1 N–H and O–H groups in total. The molecular formula is C20H30INO3. The Balaban J connectivity index is 0.00000280. The predicted molar refractivity (Wildman–Crippen MR) is 93.5 cm³/mol. The smallest absolute Gasteiger partial charge is 0.316 e. The summed E-state index contributed by atoms with van der Waals surface area (Å²) >= 11 is 0. The molecule has 0 aliphatic carbocycles. The quantitative estimate of drug-likeness (QED) is 0.377. The second kappa shape index (κ2) is 8.35. The van der Waals surface area contributed by atoms with Gasteiger partial charge in [0.2, 0.25) is 0 Å². The van der Waals surface area contributed by atoms with Gasteiger partial charge in [-0.05, 0) is 19.4 Å². The van der Waals surface area contributed by atoms with Crippen molar-refractivity contribution < 1.29 is 47.2 Å². The van der Waals surface area contributed by atoms with Gasteiger partial charge in [0.25, 0.3) is 0 Å². The molecule has 3 rings (SSSR count). The van der Waals surface area contributed by atoms with Crippen LogP contribution < -0.4 is 24.0 Å². The molecule has 5 heteroatoms. The molecule has 2 aliphatic heterocycles. The van der Waals surface area contributed by atoms with Crippen LogP contribution in [0.4, 0.5) is 0 Å². The standard InChI is InChI=1S/C20H30NO3.HI/c1-14(2)21(3)16-9-10-17(21)12-18(11-16)24-20(23)19(13-22)15-7-5-4-6-8-15;/h4-8,14,16-19,22H,9-13H2,1-3H3;1H/q+1;/p-1/t16-,17+,18?,19?,21?;/i3D3;. The van der Waals surface area contributed by atoms with E-state index in [9.17, 15) is 9.90 Å². The number of piperidine rings is 1. The van der Waals surface area contributed by atoms with Crippen molar-refractivity contribution in [3.63, 3.8) is 0 Å². The van der Waals surface area contributed by atoms with E-state index in [2.05, 4.69) is 0 Å². The fraction of sp³-hybridized carbons (Fsp3) is 0.650. The fourth-order valence-corrected chi connectivity index (χ4v) is 4.59. The molecule has 2 saturated heterocycles. The molecule has 2 bridgehead atoms. The van der Waals surface area contributed by atoms with Gasteiger partial charge >= 0.3 is 5.97 Å². The summed E-state index contributed by atoms with van der Waals surface area (Å²) in [5, 5.41) is 9.68. The van der Waals surface area contributed by atoms with Crippen LogP contribution in [0.3, 0.4) is 0 Å². The SMILES string of the molecule is [2H]C([2H])([2H])[N+]1(C(C)C)[C@@H]2CC[C@H]1CC(OC(=O)C(CO)c1ccccc1)C2.[I-]. The molecular weight excluding hydrogens is 429 g/mol. The third kappa shape index (κ3) is 3.88. The Kier molecular flexibility index (Phi) is 5.52. The highest BCUT2D eigenvalue weighted by Crippen LogP contribution is 2.44. The normalized spacial score (nSPS) is 34.4. The van der Waals surface area contributed by atoms with Gasteiger partial charge in [0.15, 0.2) is 0 Å². The van der Waals surface area contributed by atoms with E-state index in [-0.39, 0.29) is 59.3 Å². The van der Waals surface area contributed by atoms with E-state index in [4.69, 9.17) is 8.85 Å². The van der Waals surface area contributed by atoms with Crippen LogP contribution in [0.15, 0.2) is 30.3 Å². The lowest BCUT2D eigenvalue weighted by atomic mass is 9.94. The van der Waals surface area contributed by atoms with Crippen LogP contribution in [0.1, 0.15) is 55.1 Å². The second-order valence-electron chi connectivity index (χ2n) is 7.49. The van der Waals surface area contributed by atoms with Gasteiger partial charge in [-0.3, -0.25) is 4.79 Å². The summed E-state index contributed by atoms with van der Waals surface area (Å²) in [6, 6.07) is 9.11. The third-order valence-corrected chi connectivity index (χ3v) is 5.92. The van der Waals surface area contributed by atoms with Crippen LogP contribution in [-0.2, 0) is 9.53 Å². The Morgan fingerprint density at radius 1 is 1.28 bits per heavy atom. The van der Waals surface area contributed by atoms with Crippen LogP contribution in [0.25, 0.3) is 0 Å². The van der Waals surface area contributed by atoms with E-state index in [1.165, 1.54) is 0 Å². The van der Waals surface area contributed by atoms with Gasteiger partial charge in [-0.1, -0.05) is 30.3 Å². The molecule has 1 aromatic carbocycles. The number of carbonyl (C=O) groups is 1. The van der Waals surface area contributed by atoms with E-state index >= 15 is 0 Å². The lowest BCUT2D eigenvalue weighted by Gasteiger charge is -2.49. The van der Waals surface area contributed by atoms with E-state index in [0.29, 0.717) is 12.8 Å². The van der Waals surface area contributed by atoms with Crippen molar-refractivity contribution in [2.75, 3.05) is 13.6 Å². The highest BCUT2D eigenvalue weighted by molar-refractivity contribution is 5.78. The Bertz CT molecular complexity index is 654. The van der Waals surface area contributed by atoms with E-state index in [1.54, 1.807) is 0 Å². The Morgan fingerprint density at radius 2 is 1.88 bits per heavy atom. The minimum Gasteiger partial charge on any atom is -1.00 e. The number of rotatable bonds is 5. The summed E-state index contributed by atoms with van der Waals surface area (Å²) in [6.07, 6.45) is 2.59. The Labute approximate surface area is 172 Å². The van der Waals surface area contributed by atoms with Gasteiger partial charge in [-0.15, -0.1) is 0 Å². The predicted octanol–water partition coefficient (Wildman–Crippen LogP) is -0.142. The number of hydrogen-bond donors (Lipinski definition) is 1. The van der Waals surface area contributed by atoms with E-state index < -0.39 is 18.9 Å². The molecule has 25 heavy (non-hydrogen) atoms. The first-order valence-electron chi connectivity index (χ1n) is 10.5. The molecule has 0 spiro atoms. The highest BCUT2D eigenvalue weighted by atomic mass is 127. The molecule has 4 nitrogen and oxygen atoms in total. The number of hydrogen-bond acceptors (Lipinski definition) is 3. The van der Waals surface area contributed by atoms with Gasteiger partial charge in [-0.2, -0.15) is 0 Å². The average molecular weight is 462 g/mol. The first kappa shape index (κ1) is 16.5. The fourth-order valence-electron chi connectivity index (χ4n) is 4.59. The summed E-state index contributed by atoms with van der Waals surface area (Å²) in [6.45, 7) is 1.61. The number of carbonyl (C=O) groups excluding carboxylic acids is 1. The summed E-state index contributed by atoms with van der Waals surface area (Å²) in [5.41, 5.74) is 0.735. The molecule has 2 heterocycles. The van der Waals surface area contributed by atoms with Crippen molar-refractivity contribution in [2.24, 2.45) is 0 Å². The van der Waals surface area contributed by atoms with Gasteiger partial charge in [-0.25, -0.2) is 0 Å². The maximum absolute atomic E-state index is 12.7. The van der Waals surface area contributed by atoms with Crippen molar-refractivity contribution in [1.82, 2.24) is 0 Å². The van der Waals surface area contributed by atoms with E-state index in [1.807, 2.05) is 44.2 Å². The topological polar surface area (TPSA) is 46.5 Å². The van der Waals surface area contributed by atoms with E-state index in [0.717, 1.165) is 18.4 Å². The lowest BCUT2D eigenvalue weighted by molar-refractivity contribution is -0.968. The number of nitrogens with zero attached hydrogens (tertiary/aromatic N) is 1. The Hall–Kier alpha value is -0.660. The third-order valence-electron chi connectivity index (χ3n) is 5.92. The summed E-state index contributed by atoms with van der Waals surface area (Å²) in [7, 11) is 0. The van der Waals surface area contributed by atoms with Crippen molar-refractivity contribution in [2.45, 2.75) is 69.7 Å².